The second-order valence-electron chi connectivity index (χ2n) is 4.82. The van der Waals surface area contributed by atoms with Gasteiger partial charge in [-0.2, -0.15) is 5.10 Å². The van der Waals surface area contributed by atoms with Crippen molar-refractivity contribution in [1.29, 1.82) is 0 Å². The summed E-state index contributed by atoms with van der Waals surface area (Å²) < 4.78 is 14.7. The van der Waals surface area contributed by atoms with E-state index in [1.807, 2.05) is 4.68 Å². The molecule has 0 fully saturated rings. The molecule has 2 atom stereocenters. The molecule has 2 unspecified atom stereocenters. The van der Waals surface area contributed by atoms with Gasteiger partial charge in [-0.15, -0.1) is 0 Å². The minimum atomic E-state index is -0.256. The Balaban J connectivity index is 2.00. The van der Waals surface area contributed by atoms with Crippen LogP contribution in [0.3, 0.4) is 0 Å². The number of halogens is 1. The van der Waals surface area contributed by atoms with Gasteiger partial charge in [0.25, 0.3) is 0 Å². The molecule has 18 heavy (non-hydrogen) atoms. The van der Waals surface area contributed by atoms with Crippen LogP contribution in [-0.4, -0.2) is 14.8 Å². The van der Waals surface area contributed by atoms with E-state index in [0.29, 0.717) is 11.7 Å². The Bertz CT molecular complexity index is 561. The molecule has 0 amide bonds. The largest absolute Gasteiger partial charge is 0.321 e. The van der Waals surface area contributed by atoms with E-state index in [9.17, 15) is 4.39 Å². The monoisotopic (exact) mass is 246 g/mol. The van der Waals surface area contributed by atoms with Gasteiger partial charge < -0.3 is 5.73 Å². The fraction of sp³-hybridized carbons (Fsp3) is 0.385. The minimum Gasteiger partial charge on any atom is -0.321 e. The standard InChI is InChI=1S/C13H15FN4/c1-8-6-7-18-13(11(8)15)16-12(17-18)9-2-4-10(14)5-3-9/h2-5,8,11H,6-7,15H2,1H3. The third-order valence-electron chi connectivity index (χ3n) is 3.51. The summed E-state index contributed by atoms with van der Waals surface area (Å²) in [7, 11) is 0. The average Bonchev–Trinajstić information content (AvgIpc) is 2.80. The van der Waals surface area contributed by atoms with Crippen LogP contribution < -0.4 is 5.73 Å². The van der Waals surface area contributed by atoms with Gasteiger partial charge in [0, 0.05) is 12.1 Å². The van der Waals surface area contributed by atoms with Crippen molar-refractivity contribution in [2.45, 2.75) is 25.9 Å². The zero-order valence-corrected chi connectivity index (χ0v) is 10.2. The number of nitrogens with zero attached hydrogens (tertiary/aromatic N) is 3. The van der Waals surface area contributed by atoms with Crippen LogP contribution >= 0.6 is 0 Å². The SMILES string of the molecule is CC1CCn2nc(-c3ccc(F)cc3)nc2C1N. The first-order chi connectivity index (χ1) is 8.65. The molecule has 1 aromatic carbocycles. The number of nitrogens with two attached hydrogens (primary N) is 1. The van der Waals surface area contributed by atoms with Crippen LogP contribution in [-0.2, 0) is 6.54 Å². The normalized spacial score (nSPS) is 22.8. The third-order valence-corrected chi connectivity index (χ3v) is 3.51. The Morgan fingerprint density at radius 2 is 2.06 bits per heavy atom. The van der Waals surface area contributed by atoms with Crippen LogP contribution in [0.15, 0.2) is 24.3 Å². The molecule has 4 nitrogen and oxygen atoms in total. The van der Waals surface area contributed by atoms with Crippen LogP contribution in [0.5, 0.6) is 0 Å². The second-order valence-corrected chi connectivity index (χ2v) is 4.82. The molecule has 0 aliphatic carbocycles. The minimum absolute atomic E-state index is 0.0690. The van der Waals surface area contributed by atoms with Crippen molar-refractivity contribution >= 4 is 0 Å². The van der Waals surface area contributed by atoms with Gasteiger partial charge in [-0.25, -0.2) is 14.1 Å². The van der Waals surface area contributed by atoms with E-state index in [4.69, 9.17) is 5.73 Å². The maximum atomic E-state index is 12.9. The van der Waals surface area contributed by atoms with E-state index in [0.717, 1.165) is 24.4 Å². The summed E-state index contributed by atoms with van der Waals surface area (Å²) in [5, 5.41) is 4.44. The lowest BCUT2D eigenvalue weighted by Gasteiger charge is -2.24. The number of fused-ring (bicyclic) bond motifs is 1. The highest BCUT2D eigenvalue weighted by atomic mass is 19.1. The first kappa shape index (κ1) is 11.3. The predicted octanol–water partition coefficient (Wildman–Crippen LogP) is 2.12. The molecule has 0 bridgehead atoms. The quantitative estimate of drug-likeness (QED) is 0.838. The number of aryl methyl sites for hydroxylation is 1. The second kappa shape index (κ2) is 4.17. The van der Waals surface area contributed by atoms with E-state index >= 15 is 0 Å². The summed E-state index contributed by atoms with van der Waals surface area (Å²) >= 11 is 0. The van der Waals surface area contributed by atoms with Crippen molar-refractivity contribution in [1.82, 2.24) is 14.8 Å². The molecule has 94 valence electrons. The fourth-order valence-corrected chi connectivity index (χ4v) is 2.25. The zero-order valence-electron chi connectivity index (χ0n) is 10.2. The molecule has 5 heteroatoms. The average molecular weight is 246 g/mol. The maximum absolute atomic E-state index is 12.9. The van der Waals surface area contributed by atoms with Gasteiger partial charge in [-0.05, 0) is 36.6 Å². The molecule has 0 radical (unpaired) electrons. The molecule has 2 aromatic rings. The van der Waals surface area contributed by atoms with E-state index in [2.05, 4.69) is 17.0 Å². The number of hydrogen-bond donors (Lipinski definition) is 1. The Labute approximate surface area is 105 Å². The van der Waals surface area contributed by atoms with E-state index in [1.54, 1.807) is 12.1 Å². The van der Waals surface area contributed by atoms with Gasteiger partial charge in [0.05, 0.1) is 6.04 Å². The van der Waals surface area contributed by atoms with Crippen molar-refractivity contribution in [2.75, 3.05) is 0 Å². The molecular weight excluding hydrogens is 231 g/mol. The molecule has 0 saturated carbocycles. The number of rotatable bonds is 1. The summed E-state index contributed by atoms with van der Waals surface area (Å²) in [6.07, 6.45) is 1.01. The molecular formula is C13H15FN4. The Morgan fingerprint density at radius 3 is 2.78 bits per heavy atom. The highest BCUT2D eigenvalue weighted by molar-refractivity contribution is 5.54. The van der Waals surface area contributed by atoms with Gasteiger partial charge in [0.1, 0.15) is 11.6 Å². The summed E-state index contributed by atoms with van der Waals surface area (Å²) in [6, 6.07) is 6.13. The number of benzene rings is 1. The molecule has 3 rings (SSSR count). The molecule has 0 saturated heterocycles. The van der Waals surface area contributed by atoms with Gasteiger partial charge >= 0.3 is 0 Å². The van der Waals surface area contributed by atoms with Crippen molar-refractivity contribution < 1.29 is 4.39 Å². The fourth-order valence-electron chi connectivity index (χ4n) is 2.25. The predicted molar refractivity (Wildman–Crippen MR) is 66.1 cm³/mol. The van der Waals surface area contributed by atoms with Crippen LogP contribution in [0, 0.1) is 11.7 Å². The van der Waals surface area contributed by atoms with Gasteiger partial charge in [-0.1, -0.05) is 6.92 Å². The Hall–Kier alpha value is -1.75. The first-order valence-corrected chi connectivity index (χ1v) is 6.11. The summed E-state index contributed by atoms with van der Waals surface area (Å²) in [5.74, 6) is 1.61. The maximum Gasteiger partial charge on any atom is 0.181 e. The first-order valence-electron chi connectivity index (χ1n) is 6.11. The Morgan fingerprint density at radius 1 is 1.33 bits per heavy atom. The van der Waals surface area contributed by atoms with Crippen LogP contribution in [0.4, 0.5) is 4.39 Å². The van der Waals surface area contributed by atoms with Gasteiger partial charge in [0.15, 0.2) is 5.82 Å². The van der Waals surface area contributed by atoms with Crippen LogP contribution in [0.25, 0.3) is 11.4 Å². The van der Waals surface area contributed by atoms with Gasteiger partial charge in [-0.3, -0.25) is 0 Å². The lowest BCUT2D eigenvalue weighted by atomic mass is 9.95. The van der Waals surface area contributed by atoms with E-state index in [-0.39, 0.29) is 11.9 Å². The van der Waals surface area contributed by atoms with Crippen molar-refractivity contribution in [3.8, 4) is 11.4 Å². The highest BCUT2D eigenvalue weighted by Gasteiger charge is 2.27. The topological polar surface area (TPSA) is 56.7 Å². The van der Waals surface area contributed by atoms with E-state index < -0.39 is 0 Å². The lowest BCUT2D eigenvalue weighted by Crippen LogP contribution is -2.29. The molecule has 1 aromatic heterocycles. The van der Waals surface area contributed by atoms with Crippen molar-refractivity contribution in [2.24, 2.45) is 11.7 Å². The molecule has 2 heterocycles. The summed E-state index contributed by atoms with van der Waals surface area (Å²) in [4.78, 5) is 4.49. The summed E-state index contributed by atoms with van der Waals surface area (Å²) in [6.45, 7) is 2.97. The van der Waals surface area contributed by atoms with Crippen LogP contribution in [0.1, 0.15) is 25.2 Å². The smallest absolute Gasteiger partial charge is 0.181 e. The van der Waals surface area contributed by atoms with Crippen molar-refractivity contribution in [3.63, 3.8) is 0 Å². The van der Waals surface area contributed by atoms with E-state index in [1.165, 1.54) is 12.1 Å². The number of hydrogen-bond acceptors (Lipinski definition) is 3. The number of aromatic nitrogens is 3. The molecule has 1 aliphatic rings. The third kappa shape index (κ3) is 1.80. The molecule has 1 aliphatic heterocycles. The lowest BCUT2D eigenvalue weighted by molar-refractivity contribution is 0.323. The Kier molecular flexibility index (Phi) is 2.63. The highest BCUT2D eigenvalue weighted by Crippen LogP contribution is 2.28. The zero-order chi connectivity index (χ0) is 12.7. The van der Waals surface area contributed by atoms with Crippen LogP contribution in [0.2, 0.25) is 0 Å². The molecule has 2 N–H and O–H groups in total. The van der Waals surface area contributed by atoms with Crippen molar-refractivity contribution in [3.05, 3.63) is 35.9 Å². The molecule has 0 spiro atoms. The summed E-state index contributed by atoms with van der Waals surface area (Å²) in [5.41, 5.74) is 6.94. The van der Waals surface area contributed by atoms with Gasteiger partial charge in [0.2, 0.25) is 0 Å².